The van der Waals surface area contributed by atoms with Crippen molar-refractivity contribution in [1.82, 2.24) is 14.7 Å². The van der Waals surface area contributed by atoms with Crippen LogP contribution in [0.2, 0.25) is 0 Å². The summed E-state index contributed by atoms with van der Waals surface area (Å²) in [6.07, 6.45) is 3.10. The van der Waals surface area contributed by atoms with Gasteiger partial charge in [-0.15, -0.1) is 0 Å². The van der Waals surface area contributed by atoms with Gasteiger partial charge in [0.2, 0.25) is 5.91 Å². The summed E-state index contributed by atoms with van der Waals surface area (Å²) in [7, 11) is 0. The fourth-order valence-electron chi connectivity index (χ4n) is 3.38. The number of benzene rings is 1. The normalized spacial score (nSPS) is 18.9. The minimum absolute atomic E-state index is 0.0339. The standard InChI is InChI=1S/C18H24BrN3O2/c19-16-6-2-1-5-15(16)18(24)22-13-11-21(12-14-22)17(23)7-10-20-8-3-4-9-20/h1-2,5-6H,3-4,7-14H2. The Morgan fingerprint density at radius 3 is 2.21 bits per heavy atom. The average Bonchev–Trinajstić information content (AvgIpc) is 3.13. The molecule has 0 aliphatic carbocycles. The molecule has 1 aromatic carbocycles. The highest BCUT2D eigenvalue weighted by atomic mass is 79.9. The second kappa shape index (κ2) is 8.12. The lowest BCUT2D eigenvalue weighted by Gasteiger charge is -2.35. The van der Waals surface area contributed by atoms with Crippen LogP contribution in [0.1, 0.15) is 29.6 Å². The van der Waals surface area contributed by atoms with E-state index in [-0.39, 0.29) is 11.8 Å². The molecule has 2 heterocycles. The number of halogens is 1. The largest absolute Gasteiger partial charge is 0.339 e. The molecule has 5 nitrogen and oxygen atoms in total. The quantitative estimate of drug-likeness (QED) is 0.787. The topological polar surface area (TPSA) is 43.9 Å². The molecule has 0 spiro atoms. The van der Waals surface area contributed by atoms with Crippen molar-refractivity contribution in [3.63, 3.8) is 0 Å². The number of amides is 2. The Morgan fingerprint density at radius 1 is 0.917 bits per heavy atom. The molecule has 2 saturated heterocycles. The van der Waals surface area contributed by atoms with Crippen molar-refractivity contribution in [3.05, 3.63) is 34.3 Å². The summed E-state index contributed by atoms with van der Waals surface area (Å²) in [5.74, 6) is 0.251. The molecule has 0 bridgehead atoms. The van der Waals surface area contributed by atoms with Gasteiger partial charge in [-0.2, -0.15) is 0 Å². The second-order valence-electron chi connectivity index (χ2n) is 6.45. The van der Waals surface area contributed by atoms with E-state index in [9.17, 15) is 9.59 Å². The number of piperazine rings is 1. The summed E-state index contributed by atoms with van der Waals surface area (Å²) in [4.78, 5) is 31.0. The van der Waals surface area contributed by atoms with Crippen LogP contribution in [0.25, 0.3) is 0 Å². The third-order valence-corrected chi connectivity index (χ3v) is 5.56. The van der Waals surface area contributed by atoms with E-state index in [4.69, 9.17) is 0 Å². The highest BCUT2D eigenvalue weighted by molar-refractivity contribution is 9.10. The SMILES string of the molecule is O=C(CCN1CCCC1)N1CCN(C(=O)c2ccccc2Br)CC1. The molecule has 0 saturated carbocycles. The molecule has 6 heteroatoms. The third kappa shape index (κ3) is 4.16. The molecule has 24 heavy (non-hydrogen) atoms. The van der Waals surface area contributed by atoms with Gasteiger partial charge in [-0.25, -0.2) is 0 Å². The first kappa shape index (κ1) is 17.4. The Kier molecular flexibility index (Phi) is 5.89. The smallest absolute Gasteiger partial charge is 0.255 e. The Hall–Kier alpha value is -1.40. The van der Waals surface area contributed by atoms with Crippen LogP contribution >= 0.6 is 15.9 Å². The zero-order valence-electron chi connectivity index (χ0n) is 13.9. The van der Waals surface area contributed by atoms with Crippen LogP contribution in [0.5, 0.6) is 0 Å². The minimum atomic E-state index is 0.0339. The Morgan fingerprint density at radius 2 is 1.54 bits per heavy atom. The Labute approximate surface area is 151 Å². The molecule has 1 aromatic rings. The number of rotatable bonds is 4. The van der Waals surface area contributed by atoms with E-state index in [0.29, 0.717) is 38.2 Å². The van der Waals surface area contributed by atoms with E-state index in [1.807, 2.05) is 34.1 Å². The van der Waals surface area contributed by atoms with Crippen LogP contribution in [0.3, 0.4) is 0 Å². The minimum Gasteiger partial charge on any atom is -0.339 e. The van der Waals surface area contributed by atoms with Crippen molar-refractivity contribution in [2.75, 3.05) is 45.8 Å². The van der Waals surface area contributed by atoms with Gasteiger partial charge in [0.05, 0.1) is 5.56 Å². The van der Waals surface area contributed by atoms with Crippen LogP contribution in [-0.4, -0.2) is 72.3 Å². The maximum absolute atomic E-state index is 12.6. The molecule has 2 aliphatic rings. The first-order chi connectivity index (χ1) is 11.6. The lowest BCUT2D eigenvalue weighted by molar-refractivity contribution is -0.133. The van der Waals surface area contributed by atoms with Crippen molar-refractivity contribution in [3.8, 4) is 0 Å². The predicted molar refractivity (Wildman–Crippen MR) is 96.9 cm³/mol. The second-order valence-corrected chi connectivity index (χ2v) is 7.31. The fraction of sp³-hybridized carbons (Fsp3) is 0.556. The number of hydrogen-bond acceptors (Lipinski definition) is 3. The lowest BCUT2D eigenvalue weighted by atomic mass is 10.2. The third-order valence-electron chi connectivity index (χ3n) is 4.86. The van der Waals surface area contributed by atoms with Crippen LogP contribution in [0.4, 0.5) is 0 Å². The van der Waals surface area contributed by atoms with Gasteiger partial charge in [0.25, 0.3) is 5.91 Å². The van der Waals surface area contributed by atoms with Crippen molar-refractivity contribution in [2.45, 2.75) is 19.3 Å². The molecular weight excluding hydrogens is 370 g/mol. The average molecular weight is 394 g/mol. The van der Waals surface area contributed by atoms with Crippen LogP contribution in [0, 0.1) is 0 Å². The van der Waals surface area contributed by atoms with E-state index >= 15 is 0 Å². The van der Waals surface area contributed by atoms with E-state index in [1.54, 1.807) is 0 Å². The molecule has 2 amide bonds. The number of carbonyl (C=O) groups is 2. The van der Waals surface area contributed by atoms with E-state index in [2.05, 4.69) is 20.8 Å². The zero-order chi connectivity index (χ0) is 16.9. The summed E-state index contributed by atoms with van der Waals surface area (Å²) in [5.41, 5.74) is 0.686. The summed E-state index contributed by atoms with van der Waals surface area (Å²) >= 11 is 3.43. The van der Waals surface area contributed by atoms with Gasteiger partial charge in [-0.1, -0.05) is 12.1 Å². The number of likely N-dealkylation sites (tertiary alicyclic amines) is 1. The molecule has 2 fully saturated rings. The Bertz CT molecular complexity index is 594. The van der Waals surface area contributed by atoms with Gasteiger partial charge < -0.3 is 14.7 Å². The Balaban J connectivity index is 1.47. The first-order valence-corrected chi connectivity index (χ1v) is 9.48. The molecule has 0 N–H and O–H groups in total. The molecule has 0 unspecified atom stereocenters. The highest BCUT2D eigenvalue weighted by Gasteiger charge is 2.26. The molecule has 2 aliphatic heterocycles. The summed E-state index contributed by atoms with van der Waals surface area (Å²) in [5, 5.41) is 0. The first-order valence-electron chi connectivity index (χ1n) is 8.69. The molecule has 0 radical (unpaired) electrons. The van der Waals surface area contributed by atoms with E-state index in [0.717, 1.165) is 24.1 Å². The predicted octanol–water partition coefficient (Wildman–Crippen LogP) is 2.22. The number of hydrogen-bond donors (Lipinski definition) is 0. The maximum Gasteiger partial charge on any atom is 0.255 e. The van der Waals surface area contributed by atoms with Gasteiger partial charge in [0.1, 0.15) is 0 Å². The van der Waals surface area contributed by atoms with Crippen molar-refractivity contribution in [1.29, 1.82) is 0 Å². The molecule has 0 aromatic heterocycles. The molecule has 3 rings (SSSR count). The van der Waals surface area contributed by atoms with Gasteiger partial charge in [0.15, 0.2) is 0 Å². The van der Waals surface area contributed by atoms with Crippen LogP contribution in [0.15, 0.2) is 28.7 Å². The molecule has 130 valence electrons. The molecule has 0 atom stereocenters. The monoisotopic (exact) mass is 393 g/mol. The van der Waals surface area contributed by atoms with Crippen LogP contribution < -0.4 is 0 Å². The maximum atomic E-state index is 12.6. The fourth-order valence-corrected chi connectivity index (χ4v) is 3.84. The van der Waals surface area contributed by atoms with Gasteiger partial charge >= 0.3 is 0 Å². The highest BCUT2D eigenvalue weighted by Crippen LogP contribution is 2.19. The van der Waals surface area contributed by atoms with Crippen molar-refractivity contribution >= 4 is 27.7 Å². The van der Waals surface area contributed by atoms with E-state index in [1.165, 1.54) is 12.8 Å². The van der Waals surface area contributed by atoms with Gasteiger partial charge in [-0.3, -0.25) is 9.59 Å². The van der Waals surface area contributed by atoms with Gasteiger partial charge in [0, 0.05) is 43.6 Å². The van der Waals surface area contributed by atoms with Crippen molar-refractivity contribution in [2.24, 2.45) is 0 Å². The number of nitrogens with zero attached hydrogens (tertiary/aromatic N) is 3. The summed E-state index contributed by atoms with van der Waals surface area (Å²) < 4.78 is 0.819. The molecular formula is C18H24BrN3O2. The van der Waals surface area contributed by atoms with Gasteiger partial charge in [-0.05, 0) is 54.0 Å². The van der Waals surface area contributed by atoms with E-state index < -0.39 is 0 Å². The van der Waals surface area contributed by atoms with Crippen LogP contribution in [-0.2, 0) is 4.79 Å². The lowest BCUT2D eigenvalue weighted by Crippen LogP contribution is -2.51. The van der Waals surface area contributed by atoms with Crippen molar-refractivity contribution < 1.29 is 9.59 Å². The summed E-state index contributed by atoms with van der Waals surface area (Å²) in [6.45, 7) is 5.60. The summed E-state index contributed by atoms with van der Waals surface area (Å²) in [6, 6.07) is 7.49. The zero-order valence-corrected chi connectivity index (χ0v) is 15.5. The number of carbonyl (C=O) groups excluding carboxylic acids is 2.